The van der Waals surface area contributed by atoms with Crippen molar-refractivity contribution in [1.82, 2.24) is 0 Å². The lowest BCUT2D eigenvalue weighted by Gasteiger charge is -2.29. The Kier molecular flexibility index (Phi) is 2.80. The van der Waals surface area contributed by atoms with E-state index in [4.69, 9.17) is 0 Å². The van der Waals surface area contributed by atoms with Gasteiger partial charge in [-0.3, -0.25) is 0 Å². The maximum absolute atomic E-state index is 4.39. The van der Waals surface area contributed by atoms with E-state index < -0.39 is 0 Å². The average Bonchev–Trinajstić information content (AvgIpc) is 1.91. The molecule has 0 fully saturated rings. The lowest BCUT2D eigenvalue weighted by molar-refractivity contribution is -0.813. The van der Waals surface area contributed by atoms with Gasteiger partial charge in [-0.25, -0.2) is 0 Å². The van der Waals surface area contributed by atoms with Crippen molar-refractivity contribution in [2.75, 3.05) is 21.1 Å². The summed E-state index contributed by atoms with van der Waals surface area (Å²) in [6, 6.07) is 6.10. The van der Waals surface area contributed by atoms with E-state index in [0.29, 0.717) is 0 Å². The summed E-state index contributed by atoms with van der Waals surface area (Å²) < 4.78 is 3.28. The van der Waals surface area contributed by atoms with Gasteiger partial charge in [0, 0.05) is 27.2 Å². The minimum Gasteiger partial charge on any atom is -0.465 e. The molecule has 1 heterocycles. The molecule has 0 amide bonds. The van der Waals surface area contributed by atoms with Crippen molar-refractivity contribution >= 4 is 20.2 Å². The van der Waals surface area contributed by atoms with Gasteiger partial charge in [0.1, 0.15) is 6.20 Å². The molecule has 1 rings (SSSR count). The Bertz CT molecular complexity index is 270. The number of pyridine rings is 1. The van der Waals surface area contributed by atoms with Crippen molar-refractivity contribution in [3.63, 3.8) is 0 Å². The lowest BCUT2D eigenvalue weighted by Crippen LogP contribution is -2.57. The number of nitrogens with zero attached hydrogens (tertiary/aromatic N) is 2. The zero-order valence-corrected chi connectivity index (χ0v) is 9.05. The first-order valence-electron chi connectivity index (χ1n) is 4.23. The fourth-order valence-electron chi connectivity index (χ4n) is 1.33. The van der Waals surface area contributed by atoms with Gasteiger partial charge in [0.05, 0.1) is 0 Å². The monoisotopic (exact) mass is 183 g/mol. The molecule has 12 heavy (non-hydrogen) atoms. The van der Waals surface area contributed by atoms with E-state index in [2.05, 4.69) is 50.5 Å². The highest BCUT2D eigenvalue weighted by Gasteiger charge is 2.10. The minimum atomic E-state index is -0.197. The summed E-state index contributed by atoms with van der Waals surface area (Å²) in [5.41, 5.74) is 0. The van der Waals surface area contributed by atoms with E-state index in [-0.39, 0.29) is 7.55 Å². The Morgan fingerprint density at radius 3 is 2.50 bits per heavy atom. The maximum Gasteiger partial charge on any atom is 0.456 e. The molecule has 0 spiro atoms. The molecule has 0 aliphatic heterocycles. The van der Waals surface area contributed by atoms with Crippen molar-refractivity contribution < 1.29 is 8.87 Å². The van der Waals surface area contributed by atoms with E-state index >= 15 is 0 Å². The first-order valence-corrected chi connectivity index (χ1v) is 4.68. The first-order chi connectivity index (χ1) is 5.49. The molecule has 0 atom stereocenters. The molecule has 0 saturated heterocycles. The summed E-state index contributed by atoms with van der Waals surface area (Å²) in [6.07, 6.45) is 2.10. The predicted octanol–water partition coefficient (Wildman–Crippen LogP) is -0.184. The predicted molar refractivity (Wildman–Crippen MR) is 55.9 cm³/mol. The molecule has 0 radical (unpaired) electrons. The van der Waals surface area contributed by atoms with Gasteiger partial charge < -0.3 is 8.87 Å². The third-order valence-corrected chi connectivity index (χ3v) is 2.31. The van der Waals surface area contributed by atoms with Crippen molar-refractivity contribution in [2.24, 2.45) is 0 Å². The van der Waals surface area contributed by atoms with Gasteiger partial charge in [0.25, 0.3) is 0 Å². The quantitative estimate of drug-likeness (QED) is 0.478. The molecular weight excluding hydrogens is 167 g/mol. The van der Waals surface area contributed by atoms with Crippen molar-refractivity contribution in [3.05, 3.63) is 24.4 Å². The molecule has 0 unspecified atom stereocenters. The van der Waals surface area contributed by atoms with Gasteiger partial charge in [-0.2, -0.15) is 0 Å². The Morgan fingerprint density at radius 1 is 1.33 bits per heavy atom. The fraction of sp³-hybridized carbons (Fsp3) is 0.375. The lowest BCUT2D eigenvalue weighted by atomic mass is 10.1. The van der Waals surface area contributed by atoms with Crippen molar-refractivity contribution in [3.8, 4) is 0 Å². The Hall–Kier alpha value is -0.475. The van der Waals surface area contributed by atoms with Crippen LogP contribution >= 0.6 is 12.6 Å². The number of hydrogen-bond acceptors (Lipinski definition) is 1. The Balaban J connectivity index is 2.83. The standard InChI is InChI=1S/C8H15BN2S/c1-11(2,3)9-10-7-5-4-6-8(10)12/h4-7H,9H2,1-3H3/p+1. The molecule has 0 aliphatic rings. The minimum absolute atomic E-state index is 0.197. The van der Waals surface area contributed by atoms with Gasteiger partial charge in [-0.15, -0.1) is 0 Å². The first kappa shape index (κ1) is 9.61. The van der Waals surface area contributed by atoms with Gasteiger partial charge in [0.15, 0.2) is 5.03 Å². The largest absolute Gasteiger partial charge is 0.465 e. The molecule has 0 aromatic carbocycles. The smallest absolute Gasteiger partial charge is 0.456 e. The van der Waals surface area contributed by atoms with E-state index in [1.807, 2.05) is 12.1 Å². The van der Waals surface area contributed by atoms with Crippen LogP contribution in [0.1, 0.15) is 0 Å². The second kappa shape index (κ2) is 3.50. The molecule has 1 aromatic rings. The van der Waals surface area contributed by atoms with Gasteiger partial charge in [0.2, 0.25) is 0 Å². The van der Waals surface area contributed by atoms with E-state index in [9.17, 15) is 0 Å². The van der Waals surface area contributed by atoms with E-state index in [0.717, 1.165) is 9.42 Å². The zero-order chi connectivity index (χ0) is 9.19. The molecule has 0 saturated carbocycles. The highest BCUT2D eigenvalue weighted by atomic mass is 32.1. The van der Waals surface area contributed by atoms with Crippen LogP contribution in [0.5, 0.6) is 0 Å². The summed E-state index contributed by atoms with van der Waals surface area (Å²) >= 11 is 4.39. The van der Waals surface area contributed by atoms with Crippen LogP contribution in [0.2, 0.25) is 0 Å². The average molecular weight is 183 g/mol. The Labute approximate surface area is 80.1 Å². The SMILES string of the molecule is C[N+](C)(C)[BH2-][n+]1ccccc1S. The number of rotatable bonds is 2. The normalized spacial score (nSPS) is 11.7. The van der Waals surface area contributed by atoms with E-state index in [1.54, 1.807) is 0 Å². The summed E-state index contributed by atoms with van der Waals surface area (Å²) in [5.74, 6) is 0. The molecule has 66 valence electrons. The van der Waals surface area contributed by atoms with Crippen LogP contribution in [-0.4, -0.2) is 33.1 Å². The van der Waals surface area contributed by atoms with Crippen molar-refractivity contribution in [1.29, 1.82) is 0 Å². The Morgan fingerprint density at radius 2 is 2.00 bits per heavy atom. The summed E-state index contributed by atoms with van der Waals surface area (Å²) in [5, 5.41) is 1.06. The number of thiol groups is 1. The summed E-state index contributed by atoms with van der Waals surface area (Å²) in [7, 11) is 6.45. The highest BCUT2D eigenvalue weighted by molar-refractivity contribution is 7.80. The zero-order valence-electron chi connectivity index (χ0n) is 8.15. The molecule has 0 N–H and O–H groups in total. The maximum atomic E-state index is 4.39. The van der Waals surface area contributed by atoms with Crippen LogP contribution in [-0.2, 0) is 0 Å². The van der Waals surface area contributed by atoms with Gasteiger partial charge in [-0.05, 0) is 12.1 Å². The molecule has 4 heteroatoms. The van der Waals surface area contributed by atoms with Crippen LogP contribution in [0.15, 0.2) is 29.4 Å². The number of quaternary nitrogens is 1. The van der Waals surface area contributed by atoms with Crippen molar-refractivity contribution in [2.45, 2.75) is 5.03 Å². The molecule has 0 aliphatic carbocycles. The fourth-order valence-corrected chi connectivity index (χ4v) is 1.57. The van der Waals surface area contributed by atoms with Crippen LogP contribution in [0, 0.1) is 0 Å². The number of aromatic nitrogens is 1. The van der Waals surface area contributed by atoms with Crippen LogP contribution in [0.3, 0.4) is 0 Å². The van der Waals surface area contributed by atoms with Gasteiger partial charge in [-0.1, -0.05) is 12.6 Å². The second-order valence-electron chi connectivity index (χ2n) is 4.55. The third-order valence-electron chi connectivity index (χ3n) is 1.84. The van der Waals surface area contributed by atoms with Crippen LogP contribution in [0.25, 0.3) is 0 Å². The van der Waals surface area contributed by atoms with Gasteiger partial charge >= 0.3 is 7.55 Å². The molecule has 1 aromatic heterocycles. The number of hydrogen-bond donors (Lipinski definition) is 1. The molecular formula is C8H16BN2S+. The van der Waals surface area contributed by atoms with Crippen LogP contribution in [0.4, 0.5) is 0 Å². The summed E-state index contributed by atoms with van der Waals surface area (Å²) in [4.78, 5) is 0. The van der Waals surface area contributed by atoms with E-state index in [1.165, 1.54) is 0 Å². The molecule has 0 bridgehead atoms. The topological polar surface area (TPSA) is 3.88 Å². The second-order valence-corrected chi connectivity index (χ2v) is 5.01. The van der Waals surface area contributed by atoms with Crippen LogP contribution < -0.4 is 4.48 Å². The third kappa shape index (κ3) is 2.87. The highest BCUT2D eigenvalue weighted by Crippen LogP contribution is 1.96. The molecule has 2 nitrogen and oxygen atoms in total. The summed E-state index contributed by atoms with van der Waals surface area (Å²) in [6.45, 7) is 0.